The lowest BCUT2D eigenvalue weighted by atomic mass is 9.97. The van der Waals surface area contributed by atoms with E-state index in [1.54, 1.807) is 0 Å². The van der Waals surface area contributed by atoms with Gasteiger partial charge in [-0.15, -0.1) is 0 Å². The predicted octanol–water partition coefficient (Wildman–Crippen LogP) is 2.20. The van der Waals surface area contributed by atoms with Gasteiger partial charge in [-0.05, 0) is 59.5 Å². The highest BCUT2D eigenvalue weighted by molar-refractivity contribution is 5.80. The minimum Gasteiger partial charge on any atom is -0.356 e. The molecule has 1 aliphatic carbocycles. The van der Waals surface area contributed by atoms with Gasteiger partial charge in [-0.3, -0.25) is 4.79 Å². The van der Waals surface area contributed by atoms with Gasteiger partial charge in [-0.1, -0.05) is 12.8 Å². The minimum atomic E-state index is -0.0640. The lowest BCUT2D eigenvalue weighted by Crippen LogP contribution is -2.50. The average Bonchev–Trinajstić information content (AvgIpc) is 3.11. The van der Waals surface area contributed by atoms with E-state index in [0.29, 0.717) is 25.2 Å². The second kappa shape index (κ2) is 10.00. The first kappa shape index (κ1) is 20.0. The van der Waals surface area contributed by atoms with Crippen LogP contribution in [0.2, 0.25) is 0 Å². The van der Waals surface area contributed by atoms with Crippen molar-refractivity contribution in [2.75, 3.05) is 33.2 Å². The third-order valence-electron chi connectivity index (χ3n) is 5.63. The first-order valence-electron chi connectivity index (χ1n) is 10.0. The molecule has 0 aromatic heterocycles. The lowest BCUT2D eigenvalue weighted by Gasteiger charge is -2.33. The van der Waals surface area contributed by atoms with E-state index in [0.717, 1.165) is 45.2 Å². The van der Waals surface area contributed by atoms with Crippen LogP contribution in [0.5, 0.6) is 0 Å². The van der Waals surface area contributed by atoms with Crippen molar-refractivity contribution in [3.05, 3.63) is 0 Å². The van der Waals surface area contributed by atoms with Crippen molar-refractivity contribution in [3.8, 4) is 0 Å². The smallest absolute Gasteiger partial charge is 0.317 e. The van der Waals surface area contributed by atoms with Gasteiger partial charge in [0.2, 0.25) is 5.91 Å². The fraction of sp³-hybridized carbons (Fsp3) is 0.895. The van der Waals surface area contributed by atoms with Crippen molar-refractivity contribution in [2.24, 2.45) is 5.92 Å². The Kier molecular flexibility index (Phi) is 8.00. The molecule has 1 unspecified atom stereocenters. The molecule has 1 saturated carbocycles. The van der Waals surface area contributed by atoms with E-state index in [1.165, 1.54) is 12.8 Å². The number of carbonyl (C=O) groups is 2. The molecule has 2 fully saturated rings. The van der Waals surface area contributed by atoms with E-state index in [2.05, 4.69) is 36.4 Å². The number of likely N-dealkylation sites (tertiary alicyclic amines) is 1. The lowest BCUT2D eigenvalue weighted by molar-refractivity contribution is -0.126. The Morgan fingerprint density at radius 1 is 1.16 bits per heavy atom. The molecule has 6 nitrogen and oxygen atoms in total. The summed E-state index contributed by atoms with van der Waals surface area (Å²) < 4.78 is 0. The van der Waals surface area contributed by atoms with Crippen molar-refractivity contribution in [1.29, 1.82) is 0 Å². The van der Waals surface area contributed by atoms with Gasteiger partial charge in [-0.2, -0.15) is 0 Å². The molecule has 0 aromatic carbocycles. The molecule has 3 amide bonds. The molecule has 1 aliphatic heterocycles. The number of nitrogens with zero attached hydrogens (tertiary/aromatic N) is 2. The molecule has 6 heteroatoms. The second-order valence-electron chi connectivity index (χ2n) is 7.93. The molecule has 0 radical (unpaired) electrons. The molecule has 0 aromatic rings. The molecule has 0 bridgehead atoms. The Labute approximate surface area is 152 Å². The van der Waals surface area contributed by atoms with Crippen molar-refractivity contribution in [1.82, 2.24) is 20.4 Å². The summed E-state index contributed by atoms with van der Waals surface area (Å²) in [4.78, 5) is 28.9. The minimum absolute atomic E-state index is 0.0166. The fourth-order valence-corrected chi connectivity index (χ4v) is 3.65. The maximum Gasteiger partial charge on any atom is 0.317 e. The van der Waals surface area contributed by atoms with E-state index >= 15 is 0 Å². The number of rotatable bonds is 7. The molecule has 2 aliphatic rings. The summed E-state index contributed by atoms with van der Waals surface area (Å²) in [7, 11) is 2.11. The van der Waals surface area contributed by atoms with Crippen molar-refractivity contribution < 1.29 is 9.59 Å². The fourth-order valence-electron chi connectivity index (χ4n) is 3.65. The number of amides is 3. The van der Waals surface area contributed by atoms with E-state index < -0.39 is 0 Å². The van der Waals surface area contributed by atoms with Crippen LogP contribution in [0.4, 0.5) is 4.79 Å². The largest absolute Gasteiger partial charge is 0.356 e. The Bertz CT molecular complexity index is 435. The van der Waals surface area contributed by atoms with Crippen LogP contribution in [0.15, 0.2) is 0 Å². The van der Waals surface area contributed by atoms with Crippen molar-refractivity contribution in [3.63, 3.8) is 0 Å². The number of carbonyl (C=O) groups excluding carboxylic acids is 2. The van der Waals surface area contributed by atoms with E-state index in [4.69, 9.17) is 0 Å². The molecule has 25 heavy (non-hydrogen) atoms. The zero-order valence-corrected chi connectivity index (χ0v) is 16.2. The van der Waals surface area contributed by atoms with Crippen LogP contribution >= 0.6 is 0 Å². The van der Waals surface area contributed by atoms with Gasteiger partial charge in [0.05, 0.1) is 5.92 Å². The normalized spacial score (nSPS) is 21.8. The third kappa shape index (κ3) is 6.49. The van der Waals surface area contributed by atoms with E-state index in [-0.39, 0.29) is 17.9 Å². The van der Waals surface area contributed by atoms with Crippen LogP contribution in [-0.4, -0.2) is 67.0 Å². The molecule has 1 atom stereocenters. The molecule has 2 rings (SSSR count). The standard InChI is InChI=1S/C19H36N4O2/c1-15(2)22(3)12-7-11-20-18(24)16-8-6-13-23(14-16)19(25)21-17-9-4-5-10-17/h15-17H,4-14H2,1-3H3,(H,20,24)(H,21,25). The summed E-state index contributed by atoms with van der Waals surface area (Å²) in [5, 5.41) is 6.19. The Hall–Kier alpha value is -1.30. The zero-order chi connectivity index (χ0) is 18.2. The molecule has 2 N–H and O–H groups in total. The summed E-state index contributed by atoms with van der Waals surface area (Å²) in [6.45, 7) is 7.36. The first-order valence-corrected chi connectivity index (χ1v) is 10.0. The number of nitrogens with one attached hydrogen (secondary N) is 2. The Morgan fingerprint density at radius 2 is 1.88 bits per heavy atom. The van der Waals surface area contributed by atoms with Crippen LogP contribution in [0.25, 0.3) is 0 Å². The Morgan fingerprint density at radius 3 is 2.56 bits per heavy atom. The van der Waals surface area contributed by atoms with E-state index in [9.17, 15) is 9.59 Å². The number of hydrogen-bond donors (Lipinski definition) is 2. The quantitative estimate of drug-likeness (QED) is 0.691. The van der Waals surface area contributed by atoms with Crippen LogP contribution in [0.3, 0.4) is 0 Å². The zero-order valence-electron chi connectivity index (χ0n) is 16.2. The average molecular weight is 353 g/mol. The SMILES string of the molecule is CC(C)N(C)CCCNC(=O)C1CCCN(C(=O)NC2CCCC2)C1. The maximum atomic E-state index is 12.4. The molecule has 144 valence electrons. The van der Waals surface area contributed by atoms with Gasteiger partial charge in [0.15, 0.2) is 0 Å². The topological polar surface area (TPSA) is 64.7 Å². The predicted molar refractivity (Wildman–Crippen MR) is 100 cm³/mol. The monoisotopic (exact) mass is 352 g/mol. The summed E-state index contributed by atoms with van der Waals surface area (Å²) >= 11 is 0. The van der Waals surface area contributed by atoms with Crippen LogP contribution in [0, 0.1) is 5.92 Å². The number of hydrogen-bond acceptors (Lipinski definition) is 3. The summed E-state index contributed by atoms with van der Waals surface area (Å²) in [5.41, 5.74) is 0. The summed E-state index contributed by atoms with van der Waals surface area (Å²) in [6.07, 6.45) is 7.35. The summed E-state index contributed by atoms with van der Waals surface area (Å²) in [5.74, 6) is 0.0384. The second-order valence-corrected chi connectivity index (χ2v) is 7.93. The summed E-state index contributed by atoms with van der Waals surface area (Å²) in [6, 6.07) is 0.878. The highest BCUT2D eigenvalue weighted by Crippen LogP contribution is 2.20. The molecular formula is C19H36N4O2. The Balaban J connectivity index is 1.68. The van der Waals surface area contributed by atoms with Crippen molar-refractivity contribution in [2.45, 2.75) is 70.9 Å². The number of piperidine rings is 1. The number of urea groups is 1. The van der Waals surface area contributed by atoms with Gasteiger partial charge >= 0.3 is 6.03 Å². The molecule has 0 spiro atoms. The van der Waals surface area contributed by atoms with Gasteiger partial charge < -0.3 is 20.4 Å². The third-order valence-corrected chi connectivity index (χ3v) is 5.63. The molecular weight excluding hydrogens is 316 g/mol. The van der Waals surface area contributed by atoms with Gasteiger partial charge in [0.25, 0.3) is 0 Å². The van der Waals surface area contributed by atoms with Crippen LogP contribution < -0.4 is 10.6 Å². The van der Waals surface area contributed by atoms with E-state index in [1.807, 2.05) is 4.90 Å². The van der Waals surface area contributed by atoms with Gasteiger partial charge in [0.1, 0.15) is 0 Å². The van der Waals surface area contributed by atoms with Crippen LogP contribution in [0.1, 0.15) is 58.8 Å². The van der Waals surface area contributed by atoms with Gasteiger partial charge in [-0.25, -0.2) is 4.79 Å². The van der Waals surface area contributed by atoms with Crippen LogP contribution in [-0.2, 0) is 4.79 Å². The highest BCUT2D eigenvalue weighted by atomic mass is 16.2. The maximum absolute atomic E-state index is 12.4. The molecule has 1 saturated heterocycles. The highest BCUT2D eigenvalue weighted by Gasteiger charge is 2.29. The van der Waals surface area contributed by atoms with Crippen molar-refractivity contribution >= 4 is 11.9 Å². The molecule has 1 heterocycles. The first-order chi connectivity index (χ1) is 12.0. The van der Waals surface area contributed by atoms with Gasteiger partial charge in [0, 0.05) is 31.7 Å².